The molecule has 0 aliphatic rings. The first-order valence-corrected chi connectivity index (χ1v) is 8.01. The van der Waals surface area contributed by atoms with E-state index in [0.29, 0.717) is 12.1 Å². The number of benzene rings is 1. The molecule has 1 aromatic heterocycles. The minimum absolute atomic E-state index is 0.291. The van der Waals surface area contributed by atoms with E-state index < -0.39 is 0 Å². The fourth-order valence-corrected chi connectivity index (χ4v) is 2.93. The minimum atomic E-state index is 0.291. The van der Waals surface area contributed by atoms with Gasteiger partial charge in [0, 0.05) is 18.5 Å². The summed E-state index contributed by atoms with van der Waals surface area (Å²) >= 11 is 3.53. The van der Waals surface area contributed by atoms with Crippen LogP contribution in [0.3, 0.4) is 0 Å². The molecule has 0 amide bonds. The third kappa shape index (κ3) is 4.61. The van der Waals surface area contributed by atoms with Gasteiger partial charge in [-0.15, -0.1) is 0 Å². The van der Waals surface area contributed by atoms with Crippen molar-refractivity contribution in [1.82, 2.24) is 5.32 Å². The van der Waals surface area contributed by atoms with E-state index in [9.17, 15) is 0 Å². The number of halogens is 1. The van der Waals surface area contributed by atoms with Crippen LogP contribution in [0.1, 0.15) is 37.6 Å². The van der Waals surface area contributed by atoms with E-state index >= 15 is 0 Å². The Labute approximate surface area is 134 Å². The zero-order valence-electron chi connectivity index (χ0n) is 12.7. The number of ether oxygens (including phenoxy) is 1. The highest BCUT2D eigenvalue weighted by Gasteiger charge is 2.12. The molecule has 2 rings (SSSR count). The number of furan rings is 1. The predicted molar refractivity (Wildman–Crippen MR) is 88.7 cm³/mol. The maximum absolute atomic E-state index is 5.37. The van der Waals surface area contributed by atoms with Crippen molar-refractivity contribution < 1.29 is 9.15 Å². The standard InChI is InChI=1S/C17H22BrNO2/c1-12(6-8-15-5-4-10-21-15)19-13(2)14-7-9-17(20-3)16(18)11-14/h4-5,7,9-13,19H,6,8H2,1-3H3. The topological polar surface area (TPSA) is 34.4 Å². The highest BCUT2D eigenvalue weighted by molar-refractivity contribution is 9.10. The molecular weight excluding hydrogens is 330 g/mol. The minimum Gasteiger partial charge on any atom is -0.496 e. The molecule has 0 aliphatic heterocycles. The maximum atomic E-state index is 5.37. The third-order valence-corrected chi connectivity index (χ3v) is 4.23. The number of nitrogens with one attached hydrogen (secondary N) is 1. The van der Waals surface area contributed by atoms with E-state index in [0.717, 1.165) is 28.8 Å². The number of hydrogen-bond donors (Lipinski definition) is 1. The second-order valence-electron chi connectivity index (χ2n) is 5.30. The molecule has 0 fully saturated rings. The van der Waals surface area contributed by atoms with Crippen LogP contribution in [0.5, 0.6) is 5.75 Å². The molecule has 4 heteroatoms. The Balaban J connectivity index is 1.88. The summed E-state index contributed by atoms with van der Waals surface area (Å²) in [4.78, 5) is 0. The maximum Gasteiger partial charge on any atom is 0.133 e. The monoisotopic (exact) mass is 351 g/mol. The Morgan fingerprint density at radius 3 is 2.71 bits per heavy atom. The van der Waals surface area contributed by atoms with Crippen LogP contribution in [-0.2, 0) is 6.42 Å². The molecule has 3 nitrogen and oxygen atoms in total. The highest BCUT2D eigenvalue weighted by atomic mass is 79.9. The van der Waals surface area contributed by atoms with Crippen LogP contribution >= 0.6 is 15.9 Å². The summed E-state index contributed by atoms with van der Waals surface area (Å²) < 4.78 is 11.6. The van der Waals surface area contributed by atoms with E-state index in [-0.39, 0.29) is 0 Å². The molecule has 2 unspecified atom stereocenters. The Bertz CT molecular complexity index is 554. The molecule has 0 radical (unpaired) electrons. The van der Waals surface area contributed by atoms with Crippen LogP contribution in [0, 0.1) is 0 Å². The molecule has 0 spiro atoms. The van der Waals surface area contributed by atoms with Gasteiger partial charge in [-0.3, -0.25) is 0 Å². The molecule has 2 atom stereocenters. The summed E-state index contributed by atoms with van der Waals surface area (Å²) in [6.07, 6.45) is 3.74. The molecule has 0 saturated carbocycles. The van der Waals surface area contributed by atoms with E-state index in [1.165, 1.54) is 5.56 Å². The first kappa shape index (κ1) is 16.1. The highest BCUT2D eigenvalue weighted by Crippen LogP contribution is 2.28. The van der Waals surface area contributed by atoms with Crippen LogP contribution < -0.4 is 10.1 Å². The summed E-state index contributed by atoms with van der Waals surface area (Å²) in [5, 5.41) is 3.62. The van der Waals surface area contributed by atoms with E-state index in [4.69, 9.17) is 9.15 Å². The largest absolute Gasteiger partial charge is 0.496 e. The van der Waals surface area contributed by atoms with Crippen molar-refractivity contribution in [3.05, 3.63) is 52.4 Å². The summed E-state index contributed by atoms with van der Waals surface area (Å²) in [7, 11) is 1.68. The Hall–Kier alpha value is -1.26. The van der Waals surface area contributed by atoms with Gasteiger partial charge in [0.05, 0.1) is 17.8 Å². The second-order valence-corrected chi connectivity index (χ2v) is 6.16. The summed E-state index contributed by atoms with van der Waals surface area (Å²) in [5.74, 6) is 1.90. The van der Waals surface area contributed by atoms with Crippen molar-refractivity contribution in [3.8, 4) is 5.75 Å². The van der Waals surface area contributed by atoms with Crippen LogP contribution in [0.25, 0.3) is 0 Å². The lowest BCUT2D eigenvalue weighted by Crippen LogP contribution is -2.29. The molecule has 21 heavy (non-hydrogen) atoms. The van der Waals surface area contributed by atoms with Gasteiger partial charge < -0.3 is 14.5 Å². The van der Waals surface area contributed by atoms with Crippen molar-refractivity contribution in [1.29, 1.82) is 0 Å². The van der Waals surface area contributed by atoms with Gasteiger partial charge in [-0.2, -0.15) is 0 Å². The van der Waals surface area contributed by atoms with Crippen LogP contribution in [0.2, 0.25) is 0 Å². The average Bonchev–Trinajstić information content (AvgIpc) is 2.98. The second kappa shape index (κ2) is 7.66. The van der Waals surface area contributed by atoms with Crippen molar-refractivity contribution in [3.63, 3.8) is 0 Å². The van der Waals surface area contributed by atoms with Gasteiger partial charge in [-0.1, -0.05) is 6.07 Å². The van der Waals surface area contributed by atoms with Gasteiger partial charge in [-0.05, 0) is 66.0 Å². The van der Waals surface area contributed by atoms with Gasteiger partial charge in [0.2, 0.25) is 0 Å². The first-order valence-electron chi connectivity index (χ1n) is 7.22. The smallest absolute Gasteiger partial charge is 0.133 e. The number of hydrogen-bond acceptors (Lipinski definition) is 3. The summed E-state index contributed by atoms with van der Waals surface area (Å²) in [6, 6.07) is 10.9. The van der Waals surface area contributed by atoms with E-state index in [1.807, 2.05) is 18.2 Å². The Kier molecular flexibility index (Phi) is 5.88. The lowest BCUT2D eigenvalue weighted by molar-refractivity contribution is 0.410. The lowest BCUT2D eigenvalue weighted by Gasteiger charge is -2.20. The average molecular weight is 352 g/mol. The lowest BCUT2D eigenvalue weighted by atomic mass is 10.1. The molecule has 1 N–H and O–H groups in total. The van der Waals surface area contributed by atoms with Crippen LogP contribution in [0.4, 0.5) is 0 Å². The molecule has 2 aromatic rings. The molecule has 1 heterocycles. The third-order valence-electron chi connectivity index (χ3n) is 3.61. The SMILES string of the molecule is COc1ccc(C(C)NC(C)CCc2ccco2)cc1Br. The zero-order valence-corrected chi connectivity index (χ0v) is 14.3. The van der Waals surface area contributed by atoms with Crippen molar-refractivity contribution >= 4 is 15.9 Å². The van der Waals surface area contributed by atoms with Crippen LogP contribution in [0.15, 0.2) is 45.5 Å². The summed E-state index contributed by atoms with van der Waals surface area (Å²) in [6.45, 7) is 4.38. The van der Waals surface area contributed by atoms with Gasteiger partial charge in [0.1, 0.15) is 11.5 Å². The predicted octanol–water partition coefficient (Wildman–Crippen LogP) is 4.72. The van der Waals surface area contributed by atoms with Gasteiger partial charge in [0.25, 0.3) is 0 Å². The van der Waals surface area contributed by atoms with Crippen molar-refractivity contribution in [2.45, 2.75) is 38.8 Å². The molecule has 1 aromatic carbocycles. The van der Waals surface area contributed by atoms with E-state index in [1.54, 1.807) is 13.4 Å². The quantitative estimate of drug-likeness (QED) is 0.783. The van der Waals surface area contributed by atoms with E-state index in [2.05, 4.69) is 47.2 Å². The fraction of sp³-hybridized carbons (Fsp3) is 0.412. The molecule has 0 bridgehead atoms. The van der Waals surface area contributed by atoms with Crippen molar-refractivity contribution in [2.75, 3.05) is 7.11 Å². The first-order chi connectivity index (χ1) is 10.1. The number of aryl methyl sites for hydroxylation is 1. The summed E-state index contributed by atoms with van der Waals surface area (Å²) in [5.41, 5.74) is 1.24. The molecule has 114 valence electrons. The van der Waals surface area contributed by atoms with Crippen LogP contribution in [-0.4, -0.2) is 13.2 Å². The number of methoxy groups -OCH3 is 1. The fourth-order valence-electron chi connectivity index (χ4n) is 2.37. The molecule has 0 saturated heterocycles. The molecule has 0 aliphatic carbocycles. The zero-order chi connectivity index (χ0) is 15.2. The normalized spacial score (nSPS) is 13.9. The van der Waals surface area contributed by atoms with Gasteiger partial charge in [-0.25, -0.2) is 0 Å². The number of rotatable bonds is 7. The molecular formula is C17H22BrNO2. The van der Waals surface area contributed by atoms with Gasteiger partial charge in [0.15, 0.2) is 0 Å². The van der Waals surface area contributed by atoms with Crippen molar-refractivity contribution in [2.24, 2.45) is 0 Å². The Morgan fingerprint density at radius 1 is 1.29 bits per heavy atom. The van der Waals surface area contributed by atoms with Gasteiger partial charge >= 0.3 is 0 Å². The Morgan fingerprint density at radius 2 is 2.10 bits per heavy atom.